The normalized spacial score (nSPS) is 16.9. The van der Waals surface area contributed by atoms with Crippen molar-refractivity contribution in [1.29, 1.82) is 0 Å². The van der Waals surface area contributed by atoms with E-state index in [4.69, 9.17) is 9.15 Å². The SMILES string of the molecule is O=C(CN(C(=O)CSc1nnc(COc2ccccc2)o1)C1CCCC1)NC1CCCC1. The zero-order valence-electron chi connectivity index (χ0n) is 18.2. The zero-order chi connectivity index (χ0) is 22.2. The van der Waals surface area contributed by atoms with Crippen molar-refractivity contribution in [2.75, 3.05) is 12.3 Å². The number of carbonyl (C=O) groups is 2. The summed E-state index contributed by atoms with van der Waals surface area (Å²) in [5.74, 6) is 1.11. The van der Waals surface area contributed by atoms with E-state index in [0.29, 0.717) is 11.1 Å². The van der Waals surface area contributed by atoms with Crippen LogP contribution in [0.4, 0.5) is 0 Å². The maximum atomic E-state index is 13.0. The molecular formula is C23H30N4O4S. The number of ether oxygens (including phenoxy) is 1. The van der Waals surface area contributed by atoms with Gasteiger partial charge in [-0.2, -0.15) is 0 Å². The first-order valence-electron chi connectivity index (χ1n) is 11.4. The van der Waals surface area contributed by atoms with Gasteiger partial charge in [-0.05, 0) is 37.8 Å². The number of nitrogens with one attached hydrogen (secondary N) is 1. The fourth-order valence-electron chi connectivity index (χ4n) is 4.36. The largest absolute Gasteiger partial charge is 0.484 e. The molecule has 9 heteroatoms. The maximum absolute atomic E-state index is 13.0. The van der Waals surface area contributed by atoms with Crippen molar-refractivity contribution in [1.82, 2.24) is 20.4 Å². The van der Waals surface area contributed by atoms with E-state index < -0.39 is 0 Å². The molecule has 0 radical (unpaired) electrons. The van der Waals surface area contributed by atoms with Crippen LogP contribution in [0.2, 0.25) is 0 Å². The van der Waals surface area contributed by atoms with E-state index in [2.05, 4.69) is 15.5 Å². The van der Waals surface area contributed by atoms with Crippen LogP contribution in [0.1, 0.15) is 57.3 Å². The maximum Gasteiger partial charge on any atom is 0.277 e. The summed E-state index contributed by atoms with van der Waals surface area (Å²) in [7, 11) is 0. The highest BCUT2D eigenvalue weighted by atomic mass is 32.2. The van der Waals surface area contributed by atoms with Crippen molar-refractivity contribution in [3.63, 3.8) is 0 Å². The lowest BCUT2D eigenvalue weighted by Gasteiger charge is -2.29. The summed E-state index contributed by atoms with van der Waals surface area (Å²) < 4.78 is 11.2. The molecule has 32 heavy (non-hydrogen) atoms. The van der Waals surface area contributed by atoms with Gasteiger partial charge in [-0.3, -0.25) is 9.59 Å². The van der Waals surface area contributed by atoms with Crippen molar-refractivity contribution >= 4 is 23.6 Å². The van der Waals surface area contributed by atoms with Gasteiger partial charge in [0.15, 0.2) is 6.61 Å². The highest BCUT2D eigenvalue weighted by Crippen LogP contribution is 2.26. The number of nitrogens with zero attached hydrogens (tertiary/aromatic N) is 3. The van der Waals surface area contributed by atoms with E-state index in [1.165, 1.54) is 11.8 Å². The second kappa shape index (κ2) is 11.4. The molecule has 4 rings (SSSR count). The molecule has 2 saturated carbocycles. The number of para-hydroxylation sites is 1. The van der Waals surface area contributed by atoms with Gasteiger partial charge in [0.2, 0.25) is 11.8 Å². The average molecular weight is 459 g/mol. The van der Waals surface area contributed by atoms with Gasteiger partial charge in [0.1, 0.15) is 5.75 Å². The van der Waals surface area contributed by atoms with E-state index in [0.717, 1.165) is 57.1 Å². The van der Waals surface area contributed by atoms with Crippen LogP contribution in [-0.4, -0.2) is 51.3 Å². The number of amides is 2. The Labute approximate surface area is 192 Å². The molecule has 172 valence electrons. The number of hydrogen-bond acceptors (Lipinski definition) is 7. The quantitative estimate of drug-likeness (QED) is 0.544. The smallest absolute Gasteiger partial charge is 0.277 e. The molecular weight excluding hydrogens is 428 g/mol. The Morgan fingerprint density at radius 2 is 1.78 bits per heavy atom. The summed E-state index contributed by atoms with van der Waals surface area (Å²) in [6.07, 6.45) is 8.49. The topological polar surface area (TPSA) is 97.6 Å². The predicted octanol–water partition coefficient (Wildman–Crippen LogP) is 3.57. The average Bonchev–Trinajstić information content (AvgIpc) is 3.58. The van der Waals surface area contributed by atoms with E-state index in [1.807, 2.05) is 30.3 Å². The van der Waals surface area contributed by atoms with Crippen molar-refractivity contribution in [2.45, 2.75) is 75.3 Å². The van der Waals surface area contributed by atoms with Crippen LogP contribution in [0.15, 0.2) is 40.0 Å². The molecule has 1 N–H and O–H groups in total. The molecule has 1 aromatic heterocycles. The van der Waals surface area contributed by atoms with Crippen LogP contribution in [0.3, 0.4) is 0 Å². The highest BCUT2D eigenvalue weighted by molar-refractivity contribution is 7.99. The molecule has 2 amide bonds. The predicted molar refractivity (Wildman–Crippen MR) is 120 cm³/mol. The van der Waals surface area contributed by atoms with Crippen LogP contribution in [0.5, 0.6) is 5.75 Å². The third-order valence-corrected chi connectivity index (χ3v) is 6.80. The molecule has 0 spiro atoms. The van der Waals surface area contributed by atoms with E-state index >= 15 is 0 Å². The van der Waals surface area contributed by atoms with E-state index in [9.17, 15) is 9.59 Å². The molecule has 2 fully saturated rings. The Hall–Kier alpha value is -2.55. The van der Waals surface area contributed by atoms with Gasteiger partial charge >= 0.3 is 0 Å². The Kier molecular flexibility index (Phi) is 8.03. The van der Waals surface area contributed by atoms with Crippen LogP contribution < -0.4 is 10.1 Å². The van der Waals surface area contributed by atoms with Crippen molar-refractivity contribution < 1.29 is 18.7 Å². The number of aromatic nitrogens is 2. The molecule has 0 unspecified atom stereocenters. The second-order valence-electron chi connectivity index (χ2n) is 8.36. The lowest BCUT2D eigenvalue weighted by Crippen LogP contribution is -2.47. The molecule has 0 saturated heterocycles. The lowest BCUT2D eigenvalue weighted by atomic mass is 10.2. The second-order valence-corrected chi connectivity index (χ2v) is 9.29. The van der Waals surface area contributed by atoms with Gasteiger partial charge in [0, 0.05) is 12.1 Å². The minimum atomic E-state index is -0.0660. The van der Waals surface area contributed by atoms with Crippen molar-refractivity contribution in [3.05, 3.63) is 36.2 Å². The minimum Gasteiger partial charge on any atom is -0.484 e. The first-order valence-corrected chi connectivity index (χ1v) is 12.4. The number of carbonyl (C=O) groups excluding carboxylic acids is 2. The van der Waals surface area contributed by atoms with E-state index in [-0.39, 0.29) is 42.8 Å². The summed E-state index contributed by atoms with van der Waals surface area (Å²) in [6, 6.07) is 9.79. The molecule has 0 bridgehead atoms. The monoisotopic (exact) mass is 458 g/mol. The molecule has 8 nitrogen and oxygen atoms in total. The van der Waals surface area contributed by atoms with Crippen LogP contribution >= 0.6 is 11.8 Å². The van der Waals surface area contributed by atoms with Crippen molar-refractivity contribution in [3.8, 4) is 5.75 Å². The molecule has 2 aromatic rings. The highest BCUT2D eigenvalue weighted by Gasteiger charge is 2.29. The Morgan fingerprint density at radius 3 is 2.53 bits per heavy atom. The van der Waals surface area contributed by atoms with Gasteiger partial charge in [-0.25, -0.2) is 0 Å². The van der Waals surface area contributed by atoms with Crippen LogP contribution in [0.25, 0.3) is 0 Å². The van der Waals surface area contributed by atoms with Gasteiger partial charge in [0.25, 0.3) is 11.1 Å². The molecule has 0 atom stereocenters. The third kappa shape index (κ3) is 6.48. The van der Waals surface area contributed by atoms with Gasteiger partial charge in [-0.15, -0.1) is 10.2 Å². The van der Waals surface area contributed by atoms with Gasteiger partial charge < -0.3 is 19.4 Å². The summed E-state index contributed by atoms with van der Waals surface area (Å²) in [6.45, 7) is 0.293. The van der Waals surface area contributed by atoms with Crippen LogP contribution in [0, 0.1) is 0 Å². The summed E-state index contributed by atoms with van der Waals surface area (Å²) in [5, 5.41) is 11.4. The first kappa shape index (κ1) is 22.6. The molecule has 0 aliphatic heterocycles. The Bertz CT molecular complexity index is 879. The zero-order valence-corrected chi connectivity index (χ0v) is 19.0. The molecule has 1 aromatic carbocycles. The van der Waals surface area contributed by atoms with Crippen LogP contribution in [-0.2, 0) is 16.2 Å². The standard InChI is InChI=1S/C23H30N4O4S/c28-20(24-17-8-4-5-9-17)14-27(18-10-6-7-11-18)22(29)16-32-23-26-25-21(31-23)15-30-19-12-2-1-3-13-19/h1-3,12-13,17-18H,4-11,14-16H2,(H,24,28). The summed E-state index contributed by atoms with van der Waals surface area (Å²) in [5.41, 5.74) is 0. The summed E-state index contributed by atoms with van der Waals surface area (Å²) in [4.78, 5) is 27.3. The number of benzene rings is 1. The van der Waals surface area contributed by atoms with Crippen molar-refractivity contribution in [2.24, 2.45) is 0 Å². The fraction of sp³-hybridized carbons (Fsp3) is 0.565. The Morgan fingerprint density at radius 1 is 1.06 bits per heavy atom. The number of rotatable bonds is 10. The molecule has 2 aliphatic rings. The van der Waals surface area contributed by atoms with Gasteiger partial charge in [0.05, 0.1) is 12.3 Å². The third-order valence-electron chi connectivity index (χ3n) is 5.99. The first-order chi connectivity index (χ1) is 15.7. The molecule has 2 aliphatic carbocycles. The molecule has 1 heterocycles. The number of hydrogen-bond donors (Lipinski definition) is 1. The number of thioether (sulfide) groups is 1. The fourth-order valence-corrected chi connectivity index (χ4v) is 5.02. The summed E-state index contributed by atoms with van der Waals surface area (Å²) >= 11 is 1.20. The van der Waals surface area contributed by atoms with E-state index in [1.54, 1.807) is 4.90 Å². The Balaban J connectivity index is 1.28. The van der Waals surface area contributed by atoms with Gasteiger partial charge in [-0.1, -0.05) is 55.6 Å². The minimum absolute atomic E-state index is 0.0553. The lowest BCUT2D eigenvalue weighted by molar-refractivity contribution is -0.136.